The molecule has 1 aliphatic heterocycles. The Balaban J connectivity index is 1.91. The predicted octanol–water partition coefficient (Wildman–Crippen LogP) is 4.96. The average Bonchev–Trinajstić information content (AvgIpc) is 3.00. The van der Waals surface area contributed by atoms with Gasteiger partial charge in [-0.05, 0) is 42.9 Å². The van der Waals surface area contributed by atoms with E-state index >= 15 is 0 Å². The van der Waals surface area contributed by atoms with Crippen molar-refractivity contribution in [2.75, 3.05) is 27.2 Å². The van der Waals surface area contributed by atoms with Crippen LogP contribution in [-0.4, -0.2) is 49.9 Å². The summed E-state index contributed by atoms with van der Waals surface area (Å²) in [6.07, 6.45) is 2.16. The number of rotatable bonds is 8. The highest BCUT2D eigenvalue weighted by Crippen LogP contribution is 2.42. The Hall–Kier alpha value is -4.16. The fourth-order valence-electron chi connectivity index (χ4n) is 4.07. The molecule has 0 saturated carbocycles. The lowest BCUT2D eigenvalue weighted by Crippen LogP contribution is -2.37. The maximum atomic E-state index is 12.5. The van der Waals surface area contributed by atoms with Crippen LogP contribution >= 0.6 is 0 Å². The van der Waals surface area contributed by atoms with Crippen molar-refractivity contribution in [3.8, 4) is 5.75 Å². The van der Waals surface area contributed by atoms with Crippen LogP contribution in [0.25, 0.3) is 11.1 Å². The molecule has 0 N–H and O–H groups in total. The number of carbonyl (C=O) groups excluding carboxylic acids is 2. The van der Waals surface area contributed by atoms with E-state index in [1.165, 1.54) is 0 Å². The van der Waals surface area contributed by atoms with Crippen molar-refractivity contribution in [3.63, 3.8) is 0 Å². The molecule has 0 amide bonds. The zero-order valence-corrected chi connectivity index (χ0v) is 20.6. The number of carbonyl (C=O) groups is 2. The lowest BCUT2D eigenvalue weighted by Gasteiger charge is -2.32. The summed E-state index contributed by atoms with van der Waals surface area (Å²) in [5.41, 5.74) is 3.81. The summed E-state index contributed by atoms with van der Waals surface area (Å²) in [5.74, 6) is -2.25. The van der Waals surface area contributed by atoms with E-state index in [1.807, 2.05) is 99.0 Å². The molecule has 1 aliphatic rings. The molecule has 0 radical (unpaired) electrons. The molecule has 0 spiro atoms. The number of likely N-dealkylation sites (N-methyl/N-ethyl adjacent to an activating group) is 1. The third-order valence-corrected chi connectivity index (χ3v) is 5.73. The van der Waals surface area contributed by atoms with Gasteiger partial charge >= 0.3 is 11.9 Å². The quantitative estimate of drug-likeness (QED) is 0.333. The molecule has 0 fully saturated rings. The summed E-state index contributed by atoms with van der Waals surface area (Å²) in [5, 5.41) is 0. The topological polar surface area (TPSA) is 65.1 Å². The number of esters is 2. The van der Waals surface area contributed by atoms with Gasteiger partial charge in [0.25, 0.3) is 5.79 Å². The smallest absolute Gasteiger partial charge is 0.334 e. The normalized spacial score (nSPS) is 15.6. The summed E-state index contributed by atoms with van der Waals surface area (Å²) < 4.78 is 17.4. The largest absolute Gasteiger partial charge is 0.492 e. The van der Waals surface area contributed by atoms with Crippen LogP contribution in [-0.2, 0) is 19.1 Å². The standard InChI is InChI=1S/C30H29NO5/c1-30(35-26(32)18-19-27(33)36-30)29(24-12-8-5-9-13-24)28(22-10-6-4-7-11-22)23-14-16-25(17-15-23)34-21-20-31(2)3/h4-19H,20-21H2,1-3H3/b29-28+. The molecule has 36 heavy (non-hydrogen) atoms. The molecule has 184 valence electrons. The zero-order chi connectivity index (χ0) is 25.5. The zero-order valence-electron chi connectivity index (χ0n) is 20.6. The first-order valence-corrected chi connectivity index (χ1v) is 11.7. The van der Waals surface area contributed by atoms with Crippen molar-refractivity contribution < 1.29 is 23.8 Å². The minimum absolute atomic E-state index is 0.556. The molecule has 1 heterocycles. The Morgan fingerprint density at radius 1 is 0.750 bits per heavy atom. The van der Waals surface area contributed by atoms with Crippen LogP contribution in [0.1, 0.15) is 23.6 Å². The molecule has 0 unspecified atom stereocenters. The van der Waals surface area contributed by atoms with Crippen molar-refractivity contribution in [1.82, 2.24) is 4.90 Å². The Morgan fingerprint density at radius 2 is 1.25 bits per heavy atom. The first-order chi connectivity index (χ1) is 17.4. The minimum Gasteiger partial charge on any atom is -0.492 e. The number of hydrogen-bond donors (Lipinski definition) is 0. The maximum Gasteiger partial charge on any atom is 0.334 e. The van der Waals surface area contributed by atoms with Gasteiger partial charge in [-0.3, -0.25) is 0 Å². The van der Waals surface area contributed by atoms with Gasteiger partial charge in [-0.1, -0.05) is 72.8 Å². The first-order valence-electron chi connectivity index (χ1n) is 11.7. The molecule has 0 atom stereocenters. The molecule has 3 aromatic carbocycles. The highest BCUT2D eigenvalue weighted by atomic mass is 16.7. The molecular weight excluding hydrogens is 454 g/mol. The van der Waals surface area contributed by atoms with Crippen LogP contribution in [0.4, 0.5) is 0 Å². The predicted molar refractivity (Wildman–Crippen MR) is 139 cm³/mol. The molecule has 0 aromatic heterocycles. The van der Waals surface area contributed by atoms with Crippen LogP contribution in [0.15, 0.2) is 97.1 Å². The van der Waals surface area contributed by atoms with E-state index in [0.717, 1.165) is 46.7 Å². The van der Waals surface area contributed by atoms with Crippen molar-refractivity contribution >= 4 is 23.1 Å². The fraction of sp³-hybridized carbons (Fsp3) is 0.200. The lowest BCUT2D eigenvalue weighted by molar-refractivity contribution is -0.193. The van der Waals surface area contributed by atoms with E-state index in [-0.39, 0.29) is 0 Å². The first kappa shape index (κ1) is 24.9. The molecule has 0 aliphatic carbocycles. The summed E-state index contributed by atoms with van der Waals surface area (Å²) >= 11 is 0. The third-order valence-electron chi connectivity index (χ3n) is 5.73. The number of nitrogens with zero attached hydrogens (tertiary/aromatic N) is 1. The number of cyclic esters (lactones) is 2. The van der Waals surface area contributed by atoms with Gasteiger partial charge in [-0.25, -0.2) is 9.59 Å². The molecule has 4 rings (SSSR count). The molecule has 0 bridgehead atoms. The van der Waals surface area contributed by atoms with Gasteiger partial charge in [0, 0.05) is 31.2 Å². The number of ether oxygens (including phenoxy) is 3. The molecular formula is C30H29NO5. The maximum absolute atomic E-state index is 12.5. The van der Waals surface area contributed by atoms with Crippen molar-refractivity contribution in [2.24, 2.45) is 0 Å². The Bertz CT molecular complexity index is 1240. The van der Waals surface area contributed by atoms with Crippen LogP contribution in [0.3, 0.4) is 0 Å². The lowest BCUT2D eigenvalue weighted by atomic mass is 9.85. The summed E-state index contributed by atoms with van der Waals surface area (Å²) in [6, 6.07) is 27.0. The average molecular weight is 484 g/mol. The molecule has 0 saturated heterocycles. The van der Waals surface area contributed by atoms with E-state index in [4.69, 9.17) is 14.2 Å². The van der Waals surface area contributed by atoms with Gasteiger partial charge < -0.3 is 19.1 Å². The van der Waals surface area contributed by atoms with E-state index in [1.54, 1.807) is 6.92 Å². The van der Waals surface area contributed by atoms with E-state index < -0.39 is 17.7 Å². The number of benzene rings is 3. The molecule has 6 heteroatoms. The SMILES string of the molecule is CN(C)CCOc1ccc(/C(=C(\c2ccccc2)C2(C)OC(=O)C=CC(=O)O2)c2ccccc2)cc1. The highest BCUT2D eigenvalue weighted by molar-refractivity contribution is 6.03. The second-order valence-electron chi connectivity index (χ2n) is 8.78. The van der Waals surface area contributed by atoms with Gasteiger partial charge in [0.05, 0.1) is 5.57 Å². The van der Waals surface area contributed by atoms with Gasteiger partial charge in [0.2, 0.25) is 0 Å². The summed E-state index contributed by atoms with van der Waals surface area (Å²) in [7, 11) is 4.00. The summed E-state index contributed by atoms with van der Waals surface area (Å²) in [6.45, 7) is 2.97. The van der Waals surface area contributed by atoms with Gasteiger partial charge in [-0.15, -0.1) is 0 Å². The van der Waals surface area contributed by atoms with Crippen LogP contribution < -0.4 is 4.74 Å². The number of hydrogen-bond acceptors (Lipinski definition) is 6. The van der Waals surface area contributed by atoms with E-state index in [0.29, 0.717) is 12.2 Å². The fourth-order valence-corrected chi connectivity index (χ4v) is 4.07. The second kappa shape index (κ2) is 11.1. The summed E-state index contributed by atoms with van der Waals surface area (Å²) in [4.78, 5) is 27.0. The van der Waals surface area contributed by atoms with Gasteiger partial charge in [0.1, 0.15) is 12.4 Å². The van der Waals surface area contributed by atoms with Crippen LogP contribution in [0.5, 0.6) is 5.75 Å². The van der Waals surface area contributed by atoms with Crippen molar-refractivity contribution in [3.05, 3.63) is 114 Å². The van der Waals surface area contributed by atoms with E-state index in [9.17, 15) is 9.59 Å². The van der Waals surface area contributed by atoms with E-state index in [2.05, 4.69) is 4.90 Å². The Labute approximate surface area is 211 Å². The molecule has 3 aromatic rings. The Morgan fingerprint density at radius 3 is 1.78 bits per heavy atom. The minimum atomic E-state index is -1.68. The second-order valence-corrected chi connectivity index (χ2v) is 8.78. The highest BCUT2D eigenvalue weighted by Gasteiger charge is 2.41. The monoisotopic (exact) mass is 483 g/mol. The van der Waals surface area contributed by atoms with Crippen LogP contribution in [0.2, 0.25) is 0 Å². The van der Waals surface area contributed by atoms with Crippen LogP contribution in [0, 0.1) is 0 Å². The Kier molecular flexibility index (Phi) is 7.66. The van der Waals surface area contributed by atoms with Crippen molar-refractivity contribution in [2.45, 2.75) is 12.7 Å². The van der Waals surface area contributed by atoms with Gasteiger partial charge in [-0.2, -0.15) is 0 Å². The van der Waals surface area contributed by atoms with Crippen molar-refractivity contribution in [1.29, 1.82) is 0 Å². The third kappa shape index (κ3) is 5.90. The van der Waals surface area contributed by atoms with Gasteiger partial charge in [0.15, 0.2) is 0 Å². The molecule has 6 nitrogen and oxygen atoms in total.